The van der Waals surface area contributed by atoms with Gasteiger partial charge in [0.25, 0.3) is 5.91 Å². The lowest BCUT2D eigenvalue weighted by Crippen LogP contribution is -2.48. The number of carbonyl (C=O) groups is 2. The highest BCUT2D eigenvalue weighted by atomic mass is 35.5. The van der Waals surface area contributed by atoms with Gasteiger partial charge in [0.15, 0.2) is 35.9 Å². The zero-order valence-corrected chi connectivity index (χ0v) is 22.6. The molecule has 0 saturated carbocycles. The van der Waals surface area contributed by atoms with Crippen molar-refractivity contribution < 1.29 is 29.3 Å². The van der Waals surface area contributed by atoms with Gasteiger partial charge in [-0.2, -0.15) is 0 Å². The summed E-state index contributed by atoms with van der Waals surface area (Å²) < 4.78 is 12.7. The fraction of sp³-hybridized carbons (Fsp3) is 0.458. The molecular weight excluding hydrogens is 560 g/mol. The summed E-state index contributed by atoms with van der Waals surface area (Å²) >= 11 is 6.24. The van der Waals surface area contributed by atoms with Crippen LogP contribution in [0.3, 0.4) is 0 Å². The first-order chi connectivity index (χ1) is 19.8. The molecule has 0 bridgehead atoms. The van der Waals surface area contributed by atoms with Crippen LogP contribution < -0.4 is 10.1 Å². The first-order valence-electron chi connectivity index (χ1n) is 12.7. The molecule has 17 heteroatoms. The van der Waals surface area contributed by atoms with E-state index in [2.05, 4.69) is 35.2 Å². The minimum absolute atomic E-state index is 0.0980. The highest BCUT2D eigenvalue weighted by molar-refractivity contribution is 6.30. The molecular formula is C24H27ClN10O6. The average Bonchev–Trinajstić information content (AvgIpc) is 3.53. The van der Waals surface area contributed by atoms with Crippen molar-refractivity contribution in [2.24, 2.45) is 5.11 Å². The van der Waals surface area contributed by atoms with Crippen LogP contribution in [0.5, 0.6) is 5.75 Å². The number of halogens is 1. The third-order valence-electron chi connectivity index (χ3n) is 6.98. The fourth-order valence-corrected chi connectivity index (χ4v) is 4.94. The number of carboxylic acid groups (broad SMARTS) is 1. The zero-order chi connectivity index (χ0) is 29.1. The van der Waals surface area contributed by atoms with Gasteiger partial charge < -0.3 is 34.8 Å². The Morgan fingerprint density at radius 2 is 2.05 bits per heavy atom. The molecule has 216 valence electrons. The number of azide groups is 1. The Labute approximate surface area is 238 Å². The van der Waals surface area contributed by atoms with Gasteiger partial charge in [0.1, 0.15) is 24.2 Å². The molecule has 2 aliphatic heterocycles. The van der Waals surface area contributed by atoms with Crippen LogP contribution in [0.2, 0.25) is 5.02 Å². The van der Waals surface area contributed by atoms with Crippen LogP contribution >= 0.6 is 11.6 Å². The monoisotopic (exact) mass is 586 g/mol. The number of hydrogen-bond acceptors (Lipinski definition) is 11. The first-order valence-corrected chi connectivity index (χ1v) is 13.0. The fourth-order valence-electron chi connectivity index (χ4n) is 4.74. The number of likely N-dealkylation sites (N-methyl/N-ethyl adjacent to an activating group) is 1. The second kappa shape index (κ2) is 12.1. The molecule has 41 heavy (non-hydrogen) atoms. The summed E-state index contributed by atoms with van der Waals surface area (Å²) in [5, 5.41) is 27.2. The second-order valence-electron chi connectivity index (χ2n) is 9.60. The van der Waals surface area contributed by atoms with E-state index in [1.165, 1.54) is 17.2 Å². The number of carboxylic acids is 1. The number of hydrogen-bond donors (Lipinski definition) is 3. The van der Waals surface area contributed by atoms with Gasteiger partial charge in [-0.1, -0.05) is 16.7 Å². The summed E-state index contributed by atoms with van der Waals surface area (Å²) in [5.74, 6) is -0.664. The third kappa shape index (κ3) is 5.96. The molecule has 0 radical (unpaired) electrons. The summed E-state index contributed by atoms with van der Waals surface area (Å²) in [6.07, 6.45) is -1.63. The normalized spacial score (nSPS) is 22.9. The number of carbonyl (C=O) groups excluding carboxylic acids is 1. The Morgan fingerprint density at radius 1 is 1.27 bits per heavy atom. The Morgan fingerprint density at radius 3 is 2.78 bits per heavy atom. The Balaban J connectivity index is 1.31. The third-order valence-corrected chi connectivity index (χ3v) is 7.21. The number of aromatic nitrogens is 4. The van der Waals surface area contributed by atoms with Gasteiger partial charge in [-0.15, -0.1) is 0 Å². The maximum Gasteiger partial charge on any atom is 0.333 e. The Bertz CT molecular complexity index is 1490. The van der Waals surface area contributed by atoms with Gasteiger partial charge >= 0.3 is 5.97 Å². The standard InChI is InChI=1S/C24H27ClN10O6/c1-33-4-6-34(7-5-33)16(36)10-40-15-3-2-14(25)8-13(15)9-27-21-18-22(29-11-28-21)35(12-30-18)23-19(37)17(31-32-26)20(41-23)24(38)39/h2-3,8,11-12,17,19-20,23,37H,4-7,9-10H2,1H3,(H,38,39)(H,27,28,29). The minimum atomic E-state index is -1.55. The number of benzene rings is 1. The van der Waals surface area contributed by atoms with Crippen LogP contribution in [0.1, 0.15) is 11.8 Å². The van der Waals surface area contributed by atoms with Crippen LogP contribution in [0.25, 0.3) is 21.6 Å². The van der Waals surface area contributed by atoms with E-state index in [9.17, 15) is 19.8 Å². The van der Waals surface area contributed by atoms with Crippen molar-refractivity contribution in [3.8, 4) is 5.75 Å². The number of ether oxygens (including phenoxy) is 2. The molecule has 2 aromatic heterocycles. The van der Waals surface area contributed by atoms with E-state index in [1.807, 2.05) is 7.05 Å². The predicted molar refractivity (Wildman–Crippen MR) is 144 cm³/mol. The zero-order valence-electron chi connectivity index (χ0n) is 21.9. The van der Waals surface area contributed by atoms with Gasteiger partial charge in [-0.25, -0.2) is 19.7 Å². The van der Waals surface area contributed by atoms with Crippen molar-refractivity contribution in [3.05, 3.63) is 51.9 Å². The van der Waals surface area contributed by atoms with E-state index in [0.29, 0.717) is 40.8 Å². The number of nitrogens with one attached hydrogen (secondary N) is 1. The molecule has 2 saturated heterocycles. The molecule has 1 amide bonds. The van der Waals surface area contributed by atoms with E-state index in [-0.39, 0.29) is 24.7 Å². The molecule has 3 N–H and O–H groups in total. The predicted octanol–water partition coefficient (Wildman–Crippen LogP) is 1.27. The summed E-state index contributed by atoms with van der Waals surface area (Å²) in [6.45, 7) is 3.02. The summed E-state index contributed by atoms with van der Waals surface area (Å²) in [7, 11) is 2.02. The highest BCUT2D eigenvalue weighted by Gasteiger charge is 2.48. The van der Waals surface area contributed by atoms with Crippen LogP contribution in [-0.2, 0) is 20.9 Å². The van der Waals surface area contributed by atoms with Crippen molar-refractivity contribution in [3.63, 3.8) is 0 Å². The van der Waals surface area contributed by atoms with Crippen molar-refractivity contribution >= 4 is 40.5 Å². The number of aliphatic hydroxyl groups excluding tert-OH is 1. The van der Waals surface area contributed by atoms with E-state index in [1.54, 1.807) is 23.1 Å². The van der Waals surface area contributed by atoms with E-state index < -0.39 is 30.4 Å². The molecule has 4 unspecified atom stereocenters. The van der Waals surface area contributed by atoms with E-state index >= 15 is 0 Å². The van der Waals surface area contributed by atoms with Gasteiger partial charge in [-0.05, 0) is 30.8 Å². The van der Waals surface area contributed by atoms with Crippen molar-refractivity contribution in [2.45, 2.75) is 31.0 Å². The lowest BCUT2D eigenvalue weighted by Gasteiger charge is -2.32. The molecule has 4 heterocycles. The topological polar surface area (TPSA) is 204 Å². The number of imidazole rings is 1. The van der Waals surface area contributed by atoms with Crippen molar-refractivity contribution in [1.82, 2.24) is 29.3 Å². The number of rotatable bonds is 9. The molecule has 2 fully saturated rings. The summed E-state index contributed by atoms with van der Waals surface area (Å²) in [4.78, 5) is 43.6. The average molecular weight is 587 g/mol. The number of aliphatic hydroxyl groups is 1. The largest absolute Gasteiger partial charge is 0.483 e. The first kappa shape index (κ1) is 28.3. The Kier molecular flexibility index (Phi) is 8.37. The Hall–Kier alpha value is -4.21. The van der Waals surface area contributed by atoms with Crippen LogP contribution in [0.4, 0.5) is 5.82 Å². The molecule has 5 rings (SSSR count). The van der Waals surface area contributed by atoms with Crippen LogP contribution in [0, 0.1) is 0 Å². The molecule has 1 aromatic carbocycles. The molecule has 16 nitrogen and oxygen atoms in total. The van der Waals surface area contributed by atoms with E-state index in [0.717, 1.165) is 13.1 Å². The SMILES string of the molecule is CN1CCN(C(=O)COc2ccc(Cl)cc2CNc2ncnc3c2ncn3C2OC(C(=O)O)C(N=[N+]=[N-])C2O)CC1. The second-order valence-corrected chi connectivity index (χ2v) is 10.0. The highest BCUT2D eigenvalue weighted by Crippen LogP contribution is 2.34. The van der Waals surface area contributed by atoms with E-state index in [4.69, 9.17) is 26.6 Å². The van der Waals surface area contributed by atoms with Gasteiger partial charge in [0, 0.05) is 48.2 Å². The van der Waals surface area contributed by atoms with Crippen LogP contribution in [0.15, 0.2) is 36.0 Å². The lowest BCUT2D eigenvalue weighted by molar-refractivity contribution is -0.152. The maximum absolute atomic E-state index is 12.7. The number of amides is 1. The molecule has 3 aromatic rings. The molecule has 0 spiro atoms. The van der Waals surface area contributed by atoms with Gasteiger partial charge in [-0.3, -0.25) is 9.36 Å². The molecule has 4 atom stereocenters. The number of piperazine rings is 1. The van der Waals surface area contributed by atoms with Crippen LogP contribution in [-0.4, -0.2) is 109 Å². The lowest BCUT2D eigenvalue weighted by atomic mass is 10.1. The molecule has 0 aliphatic carbocycles. The van der Waals surface area contributed by atoms with Gasteiger partial charge in [0.05, 0.1) is 6.33 Å². The van der Waals surface area contributed by atoms with Crippen molar-refractivity contribution in [1.29, 1.82) is 0 Å². The summed E-state index contributed by atoms with van der Waals surface area (Å²) in [6, 6.07) is 3.74. The number of nitrogens with zero attached hydrogens (tertiary/aromatic N) is 9. The number of aliphatic carboxylic acids is 1. The number of fused-ring (bicyclic) bond motifs is 1. The quantitative estimate of drug-likeness (QED) is 0.185. The van der Waals surface area contributed by atoms with Crippen molar-refractivity contribution in [2.75, 3.05) is 45.2 Å². The minimum Gasteiger partial charge on any atom is -0.483 e. The smallest absolute Gasteiger partial charge is 0.333 e. The number of anilines is 1. The maximum atomic E-state index is 12.7. The van der Waals surface area contributed by atoms with Gasteiger partial charge in [0.2, 0.25) is 0 Å². The summed E-state index contributed by atoms with van der Waals surface area (Å²) in [5.41, 5.74) is 10.0. The molecule has 2 aliphatic rings.